The largest absolute Gasteiger partial charge is 0.465 e. The predicted molar refractivity (Wildman–Crippen MR) is 103 cm³/mol. The molecule has 0 bridgehead atoms. The number of aryl methyl sites for hydroxylation is 1. The molecular weight excluding hydrogens is 336 g/mol. The summed E-state index contributed by atoms with van der Waals surface area (Å²) in [4.78, 5) is 18.6. The van der Waals surface area contributed by atoms with Crippen molar-refractivity contribution in [2.75, 3.05) is 25.1 Å². The molecule has 0 aromatic heterocycles. The van der Waals surface area contributed by atoms with E-state index in [0.717, 1.165) is 18.7 Å². The molecule has 2 aromatic rings. The summed E-state index contributed by atoms with van der Waals surface area (Å²) in [6.07, 6.45) is 4.33. The van der Waals surface area contributed by atoms with Gasteiger partial charge in [0.2, 0.25) is 0 Å². The van der Waals surface area contributed by atoms with Gasteiger partial charge in [0.25, 0.3) is 0 Å². The molecule has 0 spiro atoms. The number of halogens is 1. The molecule has 2 aromatic carbocycles. The number of carbonyl (C=O) groups is 1. The Labute approximate surface area is 153 Å². The van der Waals surface area contributed by atoms with Crippen molar-refractivity contribution in [3.8, 4) is 0 Å². The molecule has 5 heteroatoms. The highest BCUT2D eigenvalue weighted by Crippen LogP contribution is 2.26. The number of rotatable bonds is 4. The van der Waals surface area contributed by atoms with Crippen LogP contribution in [0, 0.1) is 6.92 Å². The Balaban J connectivity index is 1.80. The Kier molecular flexibility index (Phi) is 5.39. The smallest absolute Gasteiger partial charge is 0.339 e. The summed E-state index contributed by atoms with van der Waals surface area (Å²) >= 11 is 6.03. The molecule has 3 rings (SSSR count). The van der Waals surface area contributed by atoms with Crippen LogP contribution >= 0.6 is 11.6 Å². The molecule has 1 saturated heterocycles. The predicted octanol–water partition coefficient (Wildman–Crippen LogP) is 4.79. The van der Waals surface area contributed by atoms with Crippen LogP contribution in [-0.4, -0.2) is 32.4 Å². The van der Waals surface area contributed by atoms with Crippen LogP contribution in [0.4, 0.5) is 11.4 Å². The van der Waals surface area contributed by atoms with E-state index in [-0.39, 0.29) is 0 Å². The average Bonchev–Trinajstić information content (AvgIpc) is 3.14. The number of carbonyl (C=O) groups excluding carboxylic acids is 1. The van der Waals surface area contributed by atoms with Gasteiger partial charge in [-0.15, -0.1) is 0 Å². The van der Waals surface area contributed by atoms with Crippen LogP contribution in [0.25, 0.3) is 0 Å². The molecule has 1 aliphatic rings. The van der Waals surface area contributed by atoms with Gasteiger partial charge >= 0.3 is 5.97 Å². The van der Waals surface area contributed by atoms with Crippen LogP contribution in [-0.2, 0) is 4.74 Å². The molecule has 1 fully saturated rings. The average molecular weight is 357 g/mol. The lowest BCUT2D eigenvalue weighted by atomic mass is 10.1. The summed E-state index contributed by atoms with van der Waals surface area (Å²) in [6, 6.07) is 11.4. The maximum absolute atomic E-state index is 11.7. The molecule has 0 saturated carbocycles. The Bertz CT molecular complexity index is 811. The van der Waals surface area contributed by atoms with Gasteiger partial charge in [-0.25, -0.2) is 4.79 Å². The number of aliphatic imine (C=N–C) groups is 1. The van der Waals surface area contributed by atoms with Crippen molar-refractivity contribution in [3.05, 3.63) is 58.1 Å². The Morgan fingerprint density at radius 3 is 2.64 bits per heavy atom. The third-order valence-corrected chi connectivity index (χ3v) is 4.72. The van der Waals surface area contributed by atoms with E-state index in [1.54, 1.807) is 24.4 Å². The van der Waals surface area contributed by atoms with E-state index in [9.17, 15) is 4.79 Å². The maximum Gasteiger partial charge on any atom is 0.339 e. The first-order valence-corrected chi connectivity index (χ1v) is 8.74. The quantitative estimate of drug-likeness (QED) is 0.584. The van der Waals surface area contributed by atoms with E-state index in [4.69, 9.17) is 16.3 Å². The molecule has 0 unspecified atom stereocenters. The fourth-order valence-electron chi connectivity index (χ4n) is 3.08. The second-order valence-corrected chi connectivity index (χ2v) is 6.56. The molecule has 0 aliphatic carbocycles. The van der Waals surface area contributed by atoms with E-state index in [2.05, 4.69) is 35.0 Å². The highest BCUT2D eigenvalue weighted by molar-refractivity contribution is 6.33. The fourth-order valence-corrected chi connectivity index (χ4v) is 3.28. The SMILES string of the molecule is COC(=O)c1cc(N=Cc2ccc(N3CCCC3)c(C)c2)ccc1Cl. The first-order chi connectivity index (χ1) is 12.1. The fraction of sp³-hybridized carbons (Fsp3) is 0.300. The molecule has 1 heterocycles. The number of hydrogen-bond acceptors (Lipinski definition) is 4. The van der Waals surface area contributed by atoms with E-state index >= 15 is 0 Å². The number of ether oxygens (including phenoxy) is 1. The van der Waals surface area contributed by atoms with E-state index in [0.29, 0.717) is 16.3 Å². The third kappa shape index (κ3) is 4.02. The zero-order valence-electron chi connectivity index (χ0n) is 14.5. The van der Waals surface area contributed by atoms with Crippen molar-refractivity contribution in [3.63, 3.8) is 0 Å². The van der Waals surface area contributed by atoms with Crippen LogP contribution in [0.1, 0.15) is 34.3 Å². The third-order valence-electron chi connectivity index (χ3n) is 4.39. The Morgan fingerprint density at radius 1 is 1.20 bits per heavy atom. The standard InChI is InChI=1S/C20H21ClN2O2/c1-14-11-15(5-8-19(14)23-9-3-4-10-23)13-22-16-6-7-18(21)17(12-16)20(24)25-2/h5-8,11-13H,3-4,9-10H2,1-2H3. The molecule has 0 radical (unpaired) electrons. The number of esters is 1. The van der Waals surface area contributed by atoms with E-state index < -0.39 is 5.97 Å². The van der Waals surface area contributed by atoms with Gasteiger partial charge in [-0.05, 0) is 61.2 Å². The molecule has 0 atom stereocenters. The lowest BCUT2D eigenvalue weighted by molar-refractivity contribution is 0.0601. The van der Waals surface area contributed by atoms with Gasteiger partial charge in [-0.2, -0.15) is 0 Å². The van der Waals surface area contributed by atoms with Crippen molar-refractivity contribution in [2.24, 2.45) is 4.99 Å². The number of anilines is 1. The number of benzene rings is 2. The van der Waals surface area contributed by atoms with Crippen molar-refractivity contribution < 1.29 is 9.53 Å². The van der Waals surface area contributed by atoms with Crippen molar-refractivity contribution in [1.82, 2.24) is 0 Å². The zero-order valence-corrected chi connectivity index (χ0v) is 15.2. The first kappa shape index (κ1) is 17.5. The first-order valence-electron chi connectivity index (χ1n) is 8.36. The maximum atomic E-state index is 11.7. The number of hydrogen-bond donors (Lipinski definition) is 0. The monoisotopic (exact) mass is 356 g/mol. The minimum Gasteiger partial charge on any atom is -0.465 e. The van der Waals surface area contributed by atoms with Gasteiger partial charge in [-0.1, -0.05) is 17.7 Å². The molecule has 4 nitrogen and oxygen atoms in total. The van der Waals surface area contributed by atoms with Gasteiger partial charge < -0.3 is 9.64 Å². The van der Waals surface area contributed by atoms with Crippen LogP contribution in [0.15, 0.2) is 41.4 Å². The minimum absolute atomic E-state index is 0.319. The number of methoxy groups -OCH3 is 1. The highest BCUT2D eigenvalue weighted by Gasteiger charge is 2.14. The topological polar surface area (TPSA) is 41.9 Å². The lowest BCUT2D eigenvalue weighted by Gasteiger charge is -2.20. The minimum atomic E-state index is -0.465. The summed E-state index contributed by atoms with van der Waals surface area (Å²) in [5, 5.41) is 0.358. The lowest BCUT2D eigenvalue weighted by Crippen LogP contribution is -2.18. The molecular formula is C20H21ClN2O2. The van der Waals surface area contributed by atoms with Gasteiger partial charge in [-0.3, -0.25) is 4.99 Å². The van der Waals surface area contributed by atoms with Crippen molar-refractivity contribution in [2.45, 2.75) is 19.8 Å². The van der Waals surface area contributed by atoms with E-state index in [1.807, 2.05) is 0 Å². The Hall–Kier alpha value is -2.33. The zero-order chi connectivity index (χ0) is 17.8. The van der Waals surface area contributed by atoms with Gasteiger partial charge in [0.1, 0.15) is 0 Å². The van der Waals surface area contributed by atoms with Crippen LogP contribution in [0.2, 0.25) is 5.02 Å². The summed E-state index contributed by atoms with van der Waals surface area (Å²) in [6.45, 7) is 4.40. The summed E-state index contributed by atoms with van der Waals surface area (Å²) in [5.41, 5.74) is 4.55. The molecule has 1 aliphatic heterocycles. The highest BCUT2D eigenvalue weighted by atomic mass is 35.5. The second kappa shape index (κ2) is 7.70. The van der Waals surface area contributed by atoms with Gasteiger partial charge in [0, 0.05) is 25.0 Å². The van der Waals surface area contributed by atoms with Crippen molar-refractivity contribution >= 4 is 35.2 Å². The molecule has 0 amide bonds. The normalized spacial score (nSPS) is 14.3. The summed E-state index contributed by atoms with van der Waals surface area (Å²) in [5.74, 6) is -0.465. The van der Waals surface area contributed by atoms with Crippen LogP contribution in [0.5, 0.6) is 0 Å². The molecule has 25 heavy (non-hydrogen) atoms. The van der Waals surface area contributed by atoms with E-state index in [1.165, 1.54) is 31.2 Å². The van der Waals surface area contributed by atoms with Gasteiger partial charge in [0.05, 0.1) is 23.4 Å². The Morgan fingerprint density at radius 2 is 1.96 bits per heavy atom. The van der Waals surface area contributed by atoms with Crippen molar-refractivity contribution in [1.29, 1.82) is 0 Å². The van der Waals surface area contributed by atoms with Gasteiger partial charge in [0.15, 0.2) is 0 Å². The summed E-state index contributed by atoms with van der Waals surface area (Å²) < 4.78 is 4.73. The molecule has 130 valence electrons. The molecule has 0 N–H and O–H groups in total. The second-order valence-electron chi connectivity index (χ2n) is 6.15. The summed E-state index contributed by atoms with van der Waals surface area (Å²) in [7, 11) is 1.33. The van der Waals surface area contributed by atoms with Crippen LogP contribution in [0.3, 0.4) is 0 Å². The van der Waals surface area contributed by atoms with Crippen LogP contribution < -0.4 is 4.90 Å². The number of nitrogens with zero attached hydrogens (tertiary/aromatic N) is 2.